The van der Waals surface area contributed by atoms with E-state index in [9.17, 15) is 4.79 Å². The Labute approximate surface area is 112 Å². The second-order valence-corrected chi connectivity index (χ2v) is 4.82. The Kier molecular flexibility index (Phi) is 3.69. The number of hydrogen-bond acceptors (Lipinski definition) is 2. The Balaban J connectivity index is 2.30. The topological polar surface area (TPSA) is 55.1 Å². The van der Waals surface area contributed by atoms with E-state index in [0.717, 1.165) is 17.1 Å². The first-order valence-electron chi connectivity index (χ1n) is 6.29. The number of aliphatic carboxylic acids is 1. The molecule has 100 valence electrons. The lowest BCUT2D eigenvalue weighted by Gasteiger charge is -2.07. The number of aryl methyl sites for hydroxylation is 3. The fraction of sp³-hybridized carbons (Fsp3) is 0.333. The van der Waals surface area contributed by atoms with Crippen molar-refractivity contribution in [3.63, 3.8) is 0 Å². The number of imidazole rings is 1. The third-order valence-corrected chi connectivity index (χ3v) is 3.44. The standard InChI is InChI=1S/C15H18N2O2/c1-10-4-5-12(8-11(10)2)15-16-9-13(17(15)3)6-7-14(18)19/h4-5,8-9H,6-7H2,1-3H3,(H,18,19). The molecule has 1 heterocycles. The molecule has 0 fully saturated rings. The van der Waals surface area contributed by atoms with Gasteiger partial charge in [-0.2, -0.15) is 0 Å². The van der Waals surface area contributed by atoms with Crippen LogP contribution in [0.1, 0.15) is 23.2 Å². The van der Waals surface area contributed by atoms with E-state index in [2.05, 4.69) is 31.0 Å². The maximum Gasteiger partial charge on any atom is 0.303 e. The minimum atomic E-state index is -0.783. The number of carboxylic acid groups (broad SMARTS) is 1. The van der Waals surface area contributed by atoms with Crippen LogP contribution in [0, 0.1) is 13.8 Å². The lowest BCUT2D eigenvalue weighted by Crippen LogP contribution is -2.03. The molecule has 4 heteroatoms. The SMILES string of the molecule is Cc1ccc(-c2ncc(CCC(=O)O)n2C)cc1C. The van der Waals surface area contributed by atoms with Crippen LogP contribution in [-0.2, 0) is 18.3 Å². The summed E-state index contributed by atoms with van der Waals surface area (Å²) in [6.07, 6.45) is 2.39. The van der Waals surface area contributed by atoms with Crippen LogP contribution in [0.4, 0.5) is 0 Å². The molecular formula is C15H18N2O2. The maximum atomic E-state index is 10.6. The summed E-state index contributed by atoms with van der Waals surface area (Å²) < 4.78 is 1.97. The van der Waals surface area contributed by atoms with E-state index in [0.29, 0.717) is 6.42 Å². The van der Waals surface area contributed by atoms with Crippen molar-refractivity contribution in [3.8, 4) is 11.4 Å². The van der Waals surface area contributed by atoms with Crippen LogP contribution < -0.4 is 0 Å². The summed E-state index contributed by atoms with van der Waals surface area (Å²) >= 11 is 0. The van der Waals surface area contributed by atoms with Crippen molar-refractivity contribution in [2.45, 2.75) is 26.7 Å². The zero-order valence-corrected chi connectivity index (χ0v) is 11.5. The van der Waals surface area contributed by atoms with Crippen LogP contribution in [-0.4, -0.2) is 20.6 Å². The molecule has 0 amide bonds. The third-order valence-electron chi connectivity index (χ3n) is 3.44. The highest BCUT2D eigenvalue weighted by molar-refractivity contribution is 5.67. The van der Waals surface area contributed by atoms with Gasteiger partial charge in [0.05, 0.1) is 6.42 Å². The molecule has 0 aliphatic carbocycles. The average molecular weight is 258 g/mol. The zero-order chi connectivity index (χ0) is 14.0. The second kappa shape index (κ2) is 5.26. The van der Waals surface area contributed by atoms with E-state index in [1.54, 1.807) is 6.20 Å². The smallest absolute Gasteiger partial charge is 0.303 e. The molecule has 2 aromatic rings. The first-order chi connectivity index (χ1) is 8.99. The lowest BCUT2D eigenvalue weighted by atomic mass is 10.1. The molecule has 0 atom stereocenters. The van der Waals surface area contributed by atoms with Crippen LogP contribution >= 0.6 is 0 Å². The van der Waals surface area contributed by atoms with Crippen molar-refractivity contribution in [3.05, 3.63) is 41.2 Å². The molecule has 1 aromatic heterocycles. The molecule has 0 radical (unpaired) electrons. The summed E-state index contributed by atoms with van der Waals surface area (Å²) in [6, 6.07) is 6.24. The Morgan fingerprint density at radius 1 is 1.32 bits per heavy atom. The summed E-state index contributed by atoms with van der Waals surface area (Å²) in [7, 11) is 1.93. The molecule has 1 aromatic carbocycles. The number of aromatic nitrogens is 2. The average Bonchev–Trinajstić information content (AvgIpc) is 2.72. The number of nitrogens with zero attached hydrogens (tertiary/aromatic N) is 2. The summed E-state index contributed by atoms with van der Waals surface area (Å²) in [5.74, 6) is 0.0948. The van der Waals surface area contributed by atoms with E-state index in [4.69, 9.17) is 5.11 Å². The van der Waals surface area contributed by atoms with Gasteiger partial charge in [0.2, 0.25) is 0 Å². The van der Waals surface area contributed by atoms with Crippen LogP contribution in [0.2, 0.25) is 0 Å². The summed E-state index contributed by atoms with van der Waals surface area (Å²) in [5.41, 5.74) is 4.49. The van der Waals surface area contributed by atoms with Crippen LogP contribution in [0.25, 0.3) is 11.4 Å². The third kappa shape index (κ3) is 2.84. The van der Waals surface area contributed by atoms with Crippen molar-refractivity contribution < 1.29 is 9.90 Å². The van der Waals surface area contributed by atoms with Gasteiger partial charge < -0.3 is 9.67 Å². The Hall–Kier alpha value is -2.10. The van der Waals surface area contributed by atoms with Gasteiger partial charge in [-0.1, -0.05) is 12.1 Å². The van der Waals surface area contributed by atoms with E-state index >= 15 is 0 Å². The first-order valence-corrected chi connectivity index (χ1v) is 6.29. The highest BCUT2D eigenvalue weighted by atomic mass is 16.4. The van der Waals surface area contributed by atoms with Crippen molar-refractivity contribution in [2.75, 3.05) is 0 Å². The zero-order valence-electron chi connectivity index (χ0n) is 11.5. The van der Waals surface area contributed by atoms with Crippen LogP contribution in [0.5, 0.6) is 0 Å². The maximum absolute atomic E-state index is 10.6. The van der Waals surface area contributed by atoms with Gasteiger partial charge in [-0.3, -0.25) is 4.79 Å². The van der Waals surface area contributed by atoms with Gasteiger partial charge in [0, 0.05) is 24.5 Å². The highest BCUT2D eigenvalue weighted by Crippen LogP contribution is 2.22. The monoisotopic (exact) mass is 258 g/mol. The van der Waals surface area contributed by atoms with Crippen LogP contribution in [0.3, 0.4) is 0 Å². The Morgan fingerprint density at radius 2 is 2.05 bits per heavy atom. The van der Waals surface area contributed by atoms with Crippen molar-refractivity contribution >= 4 is 5.97 Å². The number of hydrogen-bond donors (Lipinski definition) is 1. The van der Waals surface area contributed by atoms with E-state index < -0.39 is 5.97 Å². The van der Waals surface area contributed by atoms with Gasteiger partial charge in [-0.15, -0.1) is 0 Å². The minimum absolute atomic E-state index is 0.131. The number of carbonyl (C=O) groups is 1. The van der Waals surface area contributed by atoms with E-state index in [-0.39, 0.29) is 6.42 Å². The molecule has 2 rings (SSSR count). The fourth-order valence-corrected chi connectivity index (χ4v) is 2.06. The summed E-state index contributed by atoms with van der Waals surface area (Å²) in [5, 5.41) is 8.73. The molecule has 0 saturated carbocycles. The number of benzene rings is 1. The summed E-state index contributed by atoms with van der Waals surface area (Å²) in [4.78, 5) is 15.0. The predicted molar refractivity (Wildman–Crippen MR) is 74.1 cm³/mol. The minimum Gasteiger partial charge on any atom is -0.481 e. The molecule has 4 nitrogen and oxygen atoms in total. The van der Waals surface area contributed by atoms with Crippen molar-refractivity contribution in [1.29, 1.82) is 0 Å². The molecule has 1 N–H and O–H groups in total. The van der Waals surface area contributed by atoms with Gasteiger partial charge in [0.15, 0.2) is 0 Å². The highest BCUT2D eigenvalue weighted by Gasteiger charge is 2.10. The Morgan fingerprint density at radius 3 is 2.68 bits per heavy atom. The molecule has 0 saturated heterocycles. The van der Waals surface area contributed by atoms with Crippen molar-refractivity contribution in [2.24, 2.45) is 7.05 Å². The normalized spacial score (nSPS) is 10.7. The molecule has 19 heavy (non-hydrogen) atoms. The molecule has 0 aliphatic rings. The molecule has 0 spiro atoms. The van der Waals surface area contributed by atoms with Gasteiger partial charge in [-0.05, 0) is 37.5 Å². The Bertz CT molecular complexity index is 615. The first kappa shape index (κ1) is 13.3. The van der Waals surface area contributed by atoms with E-state index in [1.807, 2.05) is 17.7 Å². The quantitative estimate of drug-likeness (QED) is 0.917. The largest absolute Gasteiger partial charge is 0.481 e. The molecule has 0 unspecified atom stereocenters. The second-order valence-electron chi connectivity index (χ2n) is 4.82. The van der Waals surface area contributed by atoms with Crippen LogP contribution in [0.15, 0.2) is 24.4 Å². The fourth-order valence-electron chi connectivity index (χ4n) is 2.06. The molecule has 0 aliphatic heterocycles. The van der Waals surface area contributed by atoms with E-state index in [1.165, 1.54) is 11.1 Å². The van der Waals surface area contributed by atoms with Crippen molar-refractivity contribution in [1.82, 2.24) is 9.55 Å². The summed E-state index contributed by atoms with van der Waals surface area (Å²) in [6.45, 7) is 4.16. The lowest BCUT2D eigenvalue weighted by molar-refractivity contribution is -0.136. The number of carboxylic acids is 1. The van der Waals surface area contributed by atoms with Gasteiger partial charge in [0.25, 0.3) is 0 Å². The van der Waals surface area contributed by atoms with Gasteiger partial charge in [0.1, 0.15) is 5.82 Å². The number of rotatable bonds is 4. The molecular weight excluding hydrogens is 240 g/mol. The van der Waals surface area contributed by atoms with Gasteiger partial charge in [-0.25, -0.2) is 4.98 Å². The predicted octanol–water partition coefficient (Wildman–Crippen LogP) is 2.72. The van der Waals surface area contributed by atoms with Gasteiger partial charge >= 0.3 is 5.97 Å². The molecule has 0 bridgehead atoms.